The van der Waals surface area contributed by atoms with Gasteiger partial charge in [-0.25, -0.2) is 4.98 Å². The highest BCUT2D eigenvalue weighted by Gasteiger charge is 2.29. The summed E-state index contributed by atoms with van der Waals surface area (Å²) in [6.07, 6.45) is 6.41. The number of imidazole rings is 1. The number of likely N-dealkylation sites (tertiary alicyclic amines) is 2. The average molecular weight is 452 g/mol. The summed E-state index contributed by atoms with van der Waals surface area (Å²) >= 11 is 1.79. The highest BCUT2D eigenvalue weighted by atomic mass is 32.1. The molecule has 0 aliphatic carbocycles. The Bertz CT molecular complexity index is 1030. The van der Waals surface area contributed by atoms with E-state index in [2.05, 4.69) is 47.7 Å². The number of hydrogen-bond acceptors (Lipinski definition) is 6. The zero-order valence-corrected chi connectivity index (χ0v) is 19.8. The molecule has 5 heterocycles. The molecule has 0 unspecified atom stereocenters. The lowest BCUT2D eigenvalue weighted by Crippen LogP contribution is -2.40. The van der Waals surface area contributed by atoms with E-state index in [1.807, 2.05) is 25.3 Å². The fraction of sp³-hybridized carbons (Fsp3) is 0.520. The number of allylic oxidation sites excluding steroid dienone is 1. The molecular formula is C25H33N5OS. The molecule has 0 bridgehead atoms. The summed E-state index contributed by atoms with van der Waals surface area (Å²) in [5.74, 6) is 0.611. The molecule has 3 aromatic heterocycles. The van der Waals surface area contributed by atoms with Gasteiger partial charge < -0.3 is 9.64 Å². The summed E-state index contributed by atoms with van der Waals surface area (Å²) in [5.41, 5.74) is 4.64. The third kappa shape index (κ3) is 4.41. The van der Waals surface area contributed by atoms with Crippen LogP contribution in [-0.4, -0.2) is 57.1 Å². The van der Waals surface area contributed by atoms with Crippen LogP contribution in [0.2, 0.25) is 0 Å². The van der Waals surface area contributed by atoms with Crippen molar-refractivity contribution in [2.75, 3.05) is 32.8 Å². The van der Waals surface area contributed by atoms with E-state index in [0.717, 1.165) is 43.6 Å². The molecule has 7 heteroatoms. The van der Waals surface area contributed by atoms with Crippen LogP contribution >= 0.6 is 11.3 Å². The van der Waals surface area contributed by atoms with Gasteiger partial charge in [0.2, 0.25) is 0 Å². The summed E-state index contributed by atoms with van der Waals surface area (Å²) in [6.45, 7) is 12.7. The maximum absolute atomic E-state index is 5.87. The maximum Gasteiger partial charge on any atom is 0.298 e. The van der Waals surface area contributed by atoms with Crippen LogP contribution in [0.15, 0.2) is 47.4 Å². The van der Waals surface area contributed by atoms with Gasteiger partial charge in [-0.05, 0) is 80.2 Å². The molecule has 2 aliphatic heterocycles. The zero-order valence-electron chi connectivity index (χ0n) is 18.9. The van der Waals surface area contributed by atoms with Crippen LogP contribution in [0.4, 0.5) is 0 Å². The van der Waals surface area contributed by atoms with E-state index >= 15 is 0 Å². The van der Waals surface area contributed by atoms with Crippen molar-refractivity contribution in [1.29, 1.82) is 0 Å². The van der Waals surface area contributed by atoms with Crippen molar-refractivity contribution in [3.05, 3.63) is 53.0 Å². The molecule has 32 heavy (non-hydrogen) atoms. The monoisotopic (exact) mass is 451 g/mol. The number of nitrogens with zero attached hydrogens (tertiary/aromatic N) is 5. The molecule has 3 aromatic rings. The van der Waals surface area contributed by atoms with E-state index in [4.69, 9.17) is 4.74 Å². The van der Waals surface area contributed by atoms with Crippen LogP contribution in [-0.2, 0) is 6.54 Å². The molecule has 0 N–H and O–H groups in total. The Morgan fingerprint density at radius 2 is 1.97 bits per heavy atom. The number of ether oxygens (including phenoxy) is 1. The molecule has 0 radical (unpaired) electrons. The number of thiophene rings is 1. The number of rotatable bonds is 7. The SMILES string of the molecule is C=C(C1CCN(Cc2ccsc2)CC1)N1CCC(n2c(OCC)nc3cccnc32)CC1. The zero-order chi connectivity index (χ0) is 21.9. The van der Waals surface area contributed by atoms with Gasteiger partial charge in [0.25, 0.3) is 6.01 Å². The van der Waals surface area contributed by atoms with Gasteiger partial charge in [0, 0.05) is 43.5 Å². The smallest absolute Gasteiger partial charge is 0.298 e. The summed E-state index contributed by atoms with van der Waals surface area (Å²) in [4.78, 5) is 14.4. The van der Waals surface area contributed by atoms with Crippen LogP contribution in [0.5, 0.6) is 6.01 Å². The Balaban J connectivity index is 1.18. The maximum atomic E-state index is 5.87. The van der Waals surface area contributed by atoms with Gasteiger partial charge >= 0.3 is 0 Å². The van der Waals surface area contributed by atoms with Crippen molar-refractivity contribution in [2.24, 2.45) is 5.92 Å². The lowest BCUT2D eigenvalue weighted by Gasteiger charge is -2.40. The van der Waals surface area contributed by atoms with Gasteiger partial charge in [0.05, 0.1) is 6.61 Å². The van der Waals surface area contributed by atoms with Crippen LogP contribution in [0, 0.1) is 5.92 Å². The summed E-state index contributed by atoms with van der Waals surface area (Å²) in [6, 6.07) is 7.27. The molecule has 6 nitrogen and oxygen atoms in total. The molecular weight excluding hydrogens is 418 g/mol. The largest absolute Gasteiger partial charge is 0.465 e. The van der Waals surface area contributed by atoms with E-state index in [-0.39, 0.29) is 0 Å². The Labute approximate surface area is 194 Å². The molecule has 170 valence electrons. The quantitative estimate of drug-likeness (QED) is 0.508. The van der Waals surface area contributed by atoms with Crippen molar-refractivity contribution in [2.45, 2.75) is 45.2 Å². The molecule has 2 fully saturated rings. The summed E-state index contributed by atoms with van der Waals surface area (Å²) in [5, 5.41) is 4.44. The van der Waals surface area contributed by atoms with Gasteiger partial charge in [-0.1, -0.05) is 6.58 Å². The first kappa shape index (κ1) is 21.5. The van der Waals surface area contributed by atoms with Crippen molar-refractivity contribution in [3.63, 3.8) is 0 Å². The fourth-order valence-electron chi connectivity index (χ4n) is 5.20. The number of piperidine rings is 2. The highest BCUT2D eigenvalue weighted by Crippen LogP contribution is 2.34. The lowest BCUT2D eigenvalue weighted by atomic mass is 9.91. The molecule has 0 amide bonds. The summed E-state index contributed by atoms with van der Waals surface area (Å²) in [7, 11) is 0. The molecule has 5 rings (SSSR count). The fourth-order valence-corrected chi connectivity index (χ4v) is 5.86. The van der Waals surface area contributed by atoms with E-state index in [1.54, 1.807) is 11.3 Å². The number of fused-ring (bicyclic) bond motifs is 1. The topological polar surface area (TPSA) is 46.4 Å². The van der Waals surface area contributed by atoms with Crippen LogP contribution in [0.1, 0.15) is 44.2 Å². The van der Waals surface area contributed by atoms with Crippen molar-refractivity contribution >= 4 is 22.5 Å². The van der Waals surface area contributed by atoms with E-state index in [0.29, 0.717) is 24.6 Å². The molecule has 0 atom stereocenters. The van der Waals surface area contributed by atoms with Gasteiger partial charge in [0.1, 0.15) is 5.52 Å². The van der Waals surface area contributed by atoms with E-state index < -0.39 is 0 Å². The van der Waals surface area contributed by atoms with Crippen molar-refractivity contribution in [1.82, 2.24) is 24.3 Å². The average Bonchev–Trinajstić information content (AvgIpc) is 3.47. The Morgan fingerprint density at radius 1 is 1.16 bits per heavy atom. The van der Waals surface area contributed by atoms with Crippen molar-refractivity contribution < 1.29 is 4.74 Å². The standard InChI is InChI=1S/C25H33N5OS/c1-3-31-25-27-23-5-4-11-26-24(23)30(25)22-8-14-29(15-9-22)19(2)21-6-12-28(13-7-21)17-20-10-16-32-18-20/h4-5,10-11,16,18,21-22H,2-3,6-9,12-15,17H2,1H3. The molecule has 2 saturated heterocycles. The predicted molar refractivity (Wildman–Crippen MR) is 130 cm³/mol. The second kappa shape index (κ2) is 9.63. The second-order valence-corrected chi connectivity index (χ2v) is 9.72. The van der Waals surface area contributed by atoms with Gasteiger partial charge in [0.15, 0.2) is 5.65 Å². The molecule has 0 aromatic carbocycles. The Kier molecular flexibility index (Phi) is 6.46. The normalized spacial score (nSPS) is 19.0. The van der Waals surface area contributed by atoms with Crippen molar-refractivity contribution in [3.8, 4) is 6.01 Å². The minimum Gasteiger partial charge on any atom is -0.465 e. The van der Waals surface area contributed by atoms with Crippen LogP contribution < -0.4 is 4.74 Å². The van der Waals surface area contributed by atoms with Crippen LogP contribution in [0.25, 0.3) is 11.2 Å². The first-order valence-electron chi connectivity index (χ1n) is 11.9. The first-order chi connectivity index (χ1) is 15.7. The van der Waals surface area contributed by atoms with Gasteiger partial charge in [-0.3, -0.25) is 9.47 Å². The molecule has 0 spiro atoms. The summed E-state index contributed by atoms with van der Waals surface area (Å²) < 4.78 is 8.09. The second-order valence-electron chi connectivity index (χ2n) is 8.94. The number of aromatic nitrogens is 3. The number of pyridine rings is 1. The number of hydrogen-bond donors (Lipinski definition) is 0. The predicted octanol–water partition coefficient (Wildman–Crippen LogP) is 4.95. The van der Waals surface area contributed by atoms with Crippen LogP contribution in [0.3, 0.4) is 0 Å². The third-order valence-corrected chi connectivity index (χ3v) is 7.70. The molecule has 0 saturated carbocycles. The Hall–Kier alpha value is -2.38. The Morgan fingerprint density at radius 3 is 2.69 bits per heavy atom. The van der Waals surface area contributed by atoms with E-state index in [1.165, 1.54) is 37.2 Å². The molecule has 2 aliphatic rings. The van der Waals surface area contributed by atoms with Gasteiger partial charge in [-0.2, -0.15) is 16.3 Å². The minimum absolute atomic E-state index is 0.368. The minimum atomic E-state index is 0.368. The van der Waals surface area contributed by atoms with Gasteiger partial charge in [-0.15, -0.1) is 0 Å². The first-order valence-corrected chi connectivity index (χ1v) is 12.8. The third-order valence-electron chi connectivity index (χ3n) is 6.97. The highest BCUT2D eigenvalue weighted by molar-refractivity contribution is 7.07. The lowest BCUT2D eigenvalue weighted by molar-refractivity contribution is 0.152. The van der Waals surface area contributed by atoms with E-state index in [9.17, 15) is 0 Å².